The van der Waals surface area contributed by atoms with E-state index in [4.69, 9.17) is 4.52 Å². The van der Waals surface area contributed by atoms with Gasteiger partial charge in [-0.05, 0) is 27.7 Å². The predicted octanol–water partition coefficient (Wildman–Crippen LogP) is 3.11. The van der Waals surface area contributed by atoms with Crippen LogP contribution in [0, 0.1) is 0 Å². The van der Waals surface area contributed by atoms with Gasteiger partial charge >= 0.3 is 0 Å². The highest BCUT2D eigenvalue weighted by molar-refractivity contribution is 9.10. The van der Waals surface area contributed by atoms with E-state index in [0.29, 0.717) is 32.8 Å². The number of alkyl halides is 1. The summed E-state index contributed by atoms with van der Waals surface area (Å²) in [7, 11) is -3.13. The number of nitrogens with zero attached hydrogens (tertiary/aromatic N) is 2. The van der Waals surface area contributed by atoms with Crippen LogP contribution in [0.2, 0.25) is 0 Å². The van der Waals surface area contributed by atoms with Crippen molar-refractivity contribution >= 4 is 54.6 Å². The third-order valence-electron chi connectivity index (χ3n) is 3.39. The summed E-state index contributed by atoms with van der Waals surface area (Å²) in [5.41, 5.74) is 0. The molecule has 0 aromatic heterocycles. The fourth-order valence-corrected chi connectivity index (χ4v) is 5.55. The lowest BCUT2D eigenvalue weighted by Gasteiger charge is -2.43. The van der Waals surface area contributed by atoms with Gasteiger partial charge in [-0.3, -0.25) is 9.36 Å². The number of amides is 1. The van der Waals surface area contributed by atoms with E-state index in [2.05, 4.69) is 41.2 Å². The molecule has 0 aromatic carbocycles. The van der Waals surface area contributed by atoms with E-state index in [9.17, 15) is 9.36 Å². The average Bonchev–Trinajstić information content (AvgIpc) is 2.42. The van der Waals surface area contributed by atoms with E-state index in [0.717, 1.165) is 0 Å². The number of carbonyl (C=O) groups is 1. The topological polar surface area (TPSA) is 49.9 Å². The molecule has 1 heterocycles. The van der Waals surface area contributed by atoms with Crippen molar-refractivity contribution in [3.63, 3.8) is 0 Å². The Bertz CT molecular complexity index is 444. The zero-order valence-electron chi connectivity index (χ0n) is 13.6. The molecule has 5 nitrogen and oxygen atoms in total. The Balaban J connectivity index is 2.83. The van der Waals surface area contributed by atoms with Crippen LogP contribution in [0.1, 0.15) is 27.7 Å². The Morgan fingerprint density at radius 1 is 1.23 bits per heavy atom. The molecule has 1 unspecified atom stereocenters. The normalized spacial score (nSPS) is 20.8. The smallest absolute Gasteiger partial charge is 0.287 e. The second-order valence-electron chi connectivity index (χ2n) is 6.50. The fraction of sp³-hybridized carbons (Fsp3) is 0.923. The SMILES string of the molecule is CC(C)(Br)COP(=O)(N1CCN(C(=O)CS)CC1)C(C)(C)S. The van der Waals surface area contributed by atoms with Crippen LogP contribution in [0.3, 0.4) is 0 Å². The van der Waals surface area contributed by atoms with E-state index >= 15 is 0 Å². The number of rotatable bonds is 6. The molecule has 1 aliphatic heterocycles. The van der Waals surface area contributed by atoms with Crippen LogP contribution < -0.4 is 0 Å². The second kappa shape index (κ2) is 7.79. The zero-order valence-corrected chi connectivity index (χ0v) is 17.9. The molecule has 0 saturated carbocycles. The minimum Gasteiger partial charge on any atom is -0.339 e. The molecule has 0 aromatic rings. The Morgan fingerprint density at radius 3 is 2.09 bits per heavy atom. The van der Waals surface area contributed by atoms with Crippen molar-refractivity contribution in [2.75, 3.05) is 38.5 Å². The molecule has 22 heavy (non-hydrogen) atoms. The van der Waals surface area contributed by atoms with Crippen molar-refractivity contribution in [1.29, 1.82) is 0 Å². The minimum atomic E-state index is -3.13. The van der Waals surface area contributed by atoms with Crippen molar-refractivity contribution in [3.8, 4) is 0 Å². The van der Waals surface area contributed by atoms with Crippen molar-refractivity contribution < 1.29 is 13.9 Å². The number of hydrogen-bond acceptors (Lipinski definition) is 5. The molecular formula is C13H26BrN2O3PS2. The molecule has 9 heteroatoms. The quantitative estimate of drug-likeness (QED) is 0.384. The van der Waals surface area contributed by atoms with E-state index in [-0.39, 0.29) is 16.0 Å². The molecule has 1 fully saturated rings. The van der Waals surface area contributed by atoms with Crippen LogP contribution >= 0.6 is 48.7 Å². The fourth-order valence-electron chi connectivity index (χ4n) is 2.14. The van der Waals surface area contributed by atoms with Gasteiger partial charge in [0.15, 0.2) is 0 Å². The van der Waals surface area contributed by atoms with Gasteiger partial charge in [0.2, 0.25) is 5.91 Å². The predicted molar refractivity (Wildman–Crippen MR) is 102 cm³/mol. The van der Waals surface area contributed by atoms with Gasteiger partial charge in [-0.15, -0.1) is 0 Å². The van der Waals surface area contributed by atoms with Gasteiger partial charge in [0.1, 0.15) is 0 Å². The van der Waals surface area contributed by atoms with Crippen LogP contribution in [-0.2, 0) is 13.9 Å². The number of piperazine rings is 1. The number of carbonyl (C=O) groups excluding carboxylic acids is 1. The molecule has 0 aliphatic carbocycles. The molecule has 0 spiro atoms. The van der Waals surface area contributed by atoms with Crippen LogP contribution in [0.5, 0.6) is 0 Å². The van der Waals surface area contributed by atoms with E-state index in [1.165, 1.54) is 0 Å². The van der Waals surface area contributed by atoms with Gasteiger partial charge in [-0.1, -0.05) is 15.9 Å². The highest BCUT2D eigenvalue weighted by Gasteiger charge is 2.46. The van der Waals surface area contributed by atoms with Crippen LogP contribution in [-0.4, -0.2) is 62.8 Å². The Morgan fingerprint density at radius 2 is 1.73 bits per heavy atom. The first-order valence-corrected chi connectivity index (χ1v) is 10.7. The first-order valence-electron chi connectivity index (χ1n) is 7.21. The Hall–Kier alpha value is 0.800. The first kappa shape index (κ1) is 20.8. The first-order chi connectivity index (χ1) is 9.90. The number of thiol groups is 2. The summed E-state index contributed by atoms with van der Waals surface area (Å²) in [6.45, 7) is 9.98. The summed E-state index contributed by atoms with van der Waals surface area (Å²) in [5, 5.41) is 0. The second-order valence-corrected chi connectivity index (χ2v) is 13.4. The van der Waals surface area contributed by atoms with Crippen LogP contribution in [0.15, 0.2) is 0 Å². The largest absolute Gasteiger partial charge is 0.339 e. The Labute approximate surface area is 153 Å². The van der Waals surface area contributed by atoms with Gasteiger partial charge in [0, 0.05) is 30.5 Å². The summed E-state index contributed by atoms with van der Waals surface area (Å²) < 4.78 is 20.1. The number of halogens is 1. The summed E-state index contributed by atoms with van der Waals surface area (Å²) >= 11 is 12.0. The maximum atomic E-state index is 13.5. The molecular weight excluding hydrogens is 407 g/mol. The van der Waals surface area contributed by atoms with Crippen molar-refractivity contribution in [2.45, 2.75) is 36.5 Å². The van der Waals surface area contributed by atoms with E-state index in [1.807, 2.05) is 32.4 Å². The van der Waals surface area contributed by atoms with Gasteiger partial charge in [-0.2, -0.15) is 25.3 Å². The Kier molecular flexibility index (Phi) is 7.38. The summed E-state index contributed by atoms with van der Waals surface area (Å²) in [6, 6.07) is 0. The minimum absolute atomic E-state index is 0.00505. The number of hydrogen-bond donors (Lipinski definition) is 2. The van der Waals surface area contributed by atoms with Gasteiger partial charge in [0.05, 0.1) is 16.8 Å². The maximum Gasteiger partial charge on any atom is 0.287 e. The summed E-state index contributed by atoms with van der Waals surface area (Å²) in [6.07, 6.45) is 0. The van der Waals surface area contributed by atoms with Gasteiger partial charge < -0.3 is 9.42 Å². The summed E-state index contributed by atoms with van der Waals surface area (Å²) in [5.74, 6) is 0.203. The maximum absolute atomic E-state index is 13.5. The van der Waals surface area contributed by atoms with Gasteiger partial charge in [0.25, 0.3) is 7.52 Å². The lowest BCUT2D eigenvalue weighted by Crippen LogP contribution is -2.49. The third-order valence-corrected chi connectivity index (χ3v) is 7.66. The average molecular weight is 433 g/mol. The monoisotopic (exact) mass is 432 g/mol. The summed E-state index contributed by atoms with van der Waals surface area (Å²) in [4.78, 5) is 13.4. The highest BCUT2D eigenvalue weighted by atomic mass is 79.9. The molecule has 130 valence electrons. The highest BCUT2D eigenvalue weighted by Crippen LogP contribution is 2.63. The molecule has 1 atom stereocenters. The van der Waals surface area contributed by atoms with Crippen molar-refractivity contribution in [3.05, 3.63) is 0 Å². The standard InChI is InChI=1S/C13H26BrN2O3PS2/c1-12(2,14)10-19-20(18,13(3,4)22)16-7-5-15(6-8-16)11(17)9-21/h21-22H,5-10H2,1-4H3. The molecule has 1 aliphatic rings. The van der Waals surface area contributed by atoms with Gasteiger partial charge in [-0.25, -0.2) is 4.67 Å². The molecule has 0 N–H and O–H groups in total. The lowest BCUT2D eigenvalue weighted by molar-refractivity contribution is -0.129. The van der Waals surface area contributed by atoms with Crippen molar-refractivity contribution in [2.24, 2.45) is 0 Å². The molecule has 0 bridgehead atoms. The van der Waals surface area contributed by atoms with Crippen LogP contribution in [0.25, 0.3) is 0 Å². The lowest BCUT2D eigenvalue weighted by atomic mass is 10.2. The zero-order chi connectivity index (χ0) is 17.2. The van der Waals surface area contributed by atoms with Crippen molar-refractivity contribution in [1.82, 2.24) is 9.57 Å². The van der Waals surface area contributed by atoms with E-state index in [1.54, 1.807) is 4.90 Å². The third kappa shape index (κ3) is 5.42. The molecule has 0 radical (unpaired) electrons. The molecule has 1 saturated heterocycles. The molecule has 1 amide bonds. The van der Waals surface area contributed by atoms with Crippen LogP contribution in [0.4, 0.5) is 0 Å². The van der Waals surface area contributed by atoms with E-state index < -0.39 is 12.0 Å². The molecule has 1 rings (SSSR count).